The zero-order valence-electron chi connectivity index (χ0n) is 10.9. The fourth-order valence-corrected chi connectivity index (χ4v) is 4.01. The van der Waals surface area contributed by atoms with Crippen LogP contribution in [-0.4, -0.2) is 38.0 Å². The van der Waals surface area contributed by atoms with Crippen LogP contribution < -0.4 is 5.32 Å². The van der Waals surface area contributed by atoms with Gasteiger partial charge in [0.05, 0.1) is 18.8 Å². The number of ether oxygens (including phenoxy) is 2. The van der Waals surface area contributed by atoms with Crippen molar-refractivity contribution in [2.24, 2.45) is 11.8 Å². The lowest BCUT2D eigenvalue weighted by Crippen LogP contribution is -2.48. The largest absolute Gasteiger partial charge is 0.381 e. The first-order valence-corrected chi connectivity index (χ1v) is 7.35. The smallest absolute Gasteiger partial charge is 0.0623 e. The quantitative estimate of drug-likeness (QED) is 0.813. The third-order valence-electron chi connectivity index (χ3n) is 4.76. The van der Waals surface area contributed by atoms with Gasteiger partial charge in [0, 0.05) is 18.6 Å². The Labute approximate surface area is 104 Å². The Morgan fingerprint density at radius 1 is 1.29 bits per heavy atom. The summed E-state index contributed by atoms with van der Waals surface area (Å²) in [6, 6.07) is 0.621. The third kappa shape index (κ3) is 2.38. The van der Waals surface area contributed by atoms with E-state index in [1.807, 2.05) is 0 Å². The molecule has 5 atom stereocenters. The number of hydrogen-bond acceptors (Lipinski definition) is 3. The molecule has 3 saturated heterocycles. The predicted octanol–water partition coefficient (Wildman–Crippen LogP) is 1.96. The van der Waals surface area contributed by atoms with E-state index in [1.54, 1.807) is 0 Å². The van der Waals surface area contributed by atoms with Gasteiger partial charge in [-0.05, 0) is 44.6 Å². The summed E-state index contributed by atoms with van der Waals surface area (Å²) in [5.74, 6) is 1.44. The summed E-state index contributed by atoms with van der Waals surface area (Å²) >= 11 is 0. The first-order chi connectivity index (χ1) is 8.38. The van der Waals surface area contributed by atoms with E-state index in [4.69, 9.17) is 9.47 Å². The molecule has 3 aliphatic rings. The maximum atomic E-state index is 6.02. The van der Waals surface area contributed by atoms with Gasteiger partial charge in [0.25, 0.3) is 0 Å². The summed E-state index contributed by atoms with van der Waals surface area (Å²) in [6.45, 7) is 5.19. The molecular formula is C14H25NO2. The summed E-state index contributed by atoms with van der Waals surface area (Å²) in [4.78, 5) is 0. The molecular weight excluding hydrogens is 214 g/mol. The molecule has 0 radical (unpaired) electrons. The molecule has 3 fully saturated rings. The van der Waals surface area contributed by atoms with Gasteiger partial charge in [-0.15, -0.1) is 0 Å². The second-order valence-electron chi connectivity index (χ2n) is 5.83. The molecule has 0 spiro atoms. The van der Waals surface area contributed by atoms with E-state index in [9.17, 15) is 0 Å². The molecule has 3 aliphatic heterocycles. The summed E-state index contributed by atoms with van der Waals surface area (Å²) in [6.07, 6.45) is 7.51. The van der Waals surface area contributed by atoms with Gasteiger partial charge >= 0.3 is 0 Å². The van der Waals surface area contributed by atoms with Crippen molar-refractivity contribution in [3.63, 3.8) is 0 Å². The molecule has 3 rings (SSSR count). The molecule has 0 amide bonds. The number of fused-ring (bicyclic) bond motifs is 2. The van der Waals surface area contributed by atoms with Gasteiger partial charge in [-0.25, -0.2) is 0 Å². The molecule has 0 aliphatic carbocycles. The molecule has 3 heteroatoms. The van der Waals surface area contributed by atoms with Crippen molar-refractivity contribution in [1.82, 2.24) is 5.32 Å². The van der Waals surface area contributed by atoms with Crippen LogP contribution in [0, 0.1) is 11.8 Å². The molecule has 3 heterocycles. The summed E-state index contributed by atoms with van der Waals surface area (Å²) in [7, 11) is 0. The molecule has 98 valence electrons. The van der Waals surface area contributed by atoms with Gasteiger partial charge in [0.15, 0.2) is 0 Å². The normalized spacial score (nSPS) is 42.9. The van der Waals surface area contributed by atoms with Crippen LogP contribution in [0.25, 0.3) is 0 Å². The van der Waals surface area contributed by atoms with Crippen LogP contribution in [0.1, 0.15) is 39.0 Å². The Bertz CT molecular complexity index is 253. The van der Waals surface area contributed by atoms with Crippen molar-refractivity contribution in [1.29, 1.82) is 0 Å². The molecule has 5 unspecified atom stereocenters. The molecule has 17 heavy (non-hydrogen) atoms. The Kier molecular flexibility index (Phi) is 3.69. The van der Waals surface area contributed by atoms with Gasteiger partial charge in [0.2, 0.25) is 0 Å². The number of rotatable bonds is 4. The van der Waals surface area contributed by atoms with Crippen LogP contribution in [0.2, 0.25) is 0 Å². The summed E-state index contributed by atoms with van der Waals surface area (Å²) in [5.41, 5.74) is 0. The van der Waals surface area contributed by atoms with E-state index < -0.39 is 0 Å². The maximum absolute atomic E-state index is 6.02. The lowest BCUT2D eigenvalue weighted by molar-refractivity contribution is 0.0174. The Hall–Kier alpha value is -0.120. The molecule has 1 N–H and O–H groups in total. The molecule has 0 aromatic rings. The van der Waals surface area contributed by atoms with Crippen LogP contribution in [0.5, 0.6) is 0 Å². The maximum Gasteiger partial charge on any atom is 0.0623 e. The van der Waals surface area contributed by atoms with Crippen molar-refractivity contribution in [2.75, 3.05) is 19.8 Å². The van der Waals surface area contributed by atoms with Crippen molar-refractivity contribution in [3.05, 3.63) is 0 Å². The molecule has 3 nitrogen and oxygen atoms in total. The van der Waals surface area contributed by atoms with E-state index in [0.29, 0.717) is 24.2 Å². The second-order valence-corrected chi connectivity index (χ2v) is 5.83. The summed E-state index contributed by atoms with van der Waals surface area (Å²) < 4.78 is 11.7. The Balaban J connectivity index is 1.66. The Morgan fingerprint density at radius 2 is 2.24 bits per heavy atom. The van der Waals surface area contributed by atoms with Crippen LogP contribution in [0.4, 0.5) is 0 Å². The molecule has 0 aromatic heterocycles. The van der Waals surface area contributed by atoms with E-state index in [2.05, 4.69) is 12.2 Å². The van der Waals surface area contributed by atoms with Crippen LogP contribution in [0.3, 0.4) is 0 Å². The Morgan fingerprint density at radius 3 is 2.82 bits per heavy atom. The minimum Gasteiger partial charge on any atom is -0.381 e. The number of hydrogen-bond donors (Lipinski definition) is 1. The average Bonchev–Trinajstić information content (AvgIpc) is 2.99. The predicted molar refractivity (Wildman–Crippen MR) is 67.0 cm³/mol. The van der Waals surface area contributed by atoms with Gasteiger partial charge < -0.3 is 14.8 Å². The van der Waals surface area contributed by atoms with E-state index in [0.717, 1.165) is 25.7 Å². The molecule has 0 saturated carbocycles. The summed E-state index contributed by atoms with van der Waals surface area (Å²) in [5, 5.41) is 3.72. The molecule has 2 bridgehead atoms. The zero-order chi connectivity index (χ0) is 11.7. The van der Waals surface area contributed by atoms with Gasteiger partial charge in [-0.1, -0.05) is 6.92 Å². The minimum atomic E-state index is 0.533. The van der Waals surface area contributed by atoms with E-state index in [-0.39, 0.29) is 0 Å². The SMILES string of the molecule is CCNC(C1CCCOC1)C1CC2CCC1O2. The third-order valence-corrected chi connectivity index (χ3v) is 4.76. The zero-order valence-corrected chi connectivity index (χ0v) is 10.9. The van der Waals surface area contributed by atoms with E-state index >= 15 is 0 Å². The lowest BCUT2D eigenvalue weighted by atomic mass is 9.77. The van der Waals surface area contributed by atoms with Crippen LogP contribution >= 0.6 is 0 Å². The molecule has 0 aromatic carbocycles. The van der Waals surface area contributed by atoms with Crippen molar-refractivity contribution < 1.29 is 9.47 Å². The lowest BCUT2D eigenvalue weighted by Gasteiger charge is -2.37. The highest BCUT2D eigenvalue weighted by molar-refractivity contribution is 4.97. The number of nitrogens with one attached hydrogen (secondary N) is 1. The second kappa shape index (κ2) is 5.25. The standard InChI is InChI=1S/C14H25NO2/c1-2-15-14(10-4-3-7-16-9-10)12-8-11-5-6-13(12)17-11/h10-15H,2-9H2,1H3. The first-order valence-electron chi connectivity index (χ1n) is 7.35. The van der Waals surface area contributed by atoms with Crippen molar-refractivity contribution in [3.8, 4) is 0 Å². The fourth-order valence-electron chi connectivity index (χ4n) is 4.01. The van der Waals surface area contributed by atoms with Gasteiger partial charge in [-0.2, -0.15) is 0 Å². The minimum absolute atomic E-state index is 0.533. The first kappa shape index (κ1) is 11.9. The highest BCUT2D eigenvalue weighted by atomic mass is 16.5. The highest BCUT2D eigenvalue weighted by Crippen LogP contribution is 2.42. The van der Waals surface area contributed by atoms with E-state index in [1.165, 1.54) is 32.1 Å². The van der Waals surface area contributed by atoms with Crippen molar-refractivity contribution >= 4 is 0 Å². The van der Waals surface area contributed by atoms with Crippen LogP contribution in [0.15, 0.2) is 0 Å². The highest BCUT2D eigenvalue weighted by Gasteiger charge is 2.46. The van der Waals surface area contributed by atoms with Crippen molar-refractivity contribution in [2.45, 2.75) is 57.3 Å². The fraction of sp³-hybridized carbons (Fsp3) is 1.00. The topological polar surface area (TPSA) is 30.5 Å². The monoisotopic (exact) mass is 239 g/mol. The van der Waals surface area contributed by atoms with Gasteiger partial charge in [0.1, 0.15) is 0 Å². The van der Waals surface area contributed by atoms with Crippen LogP contribution in [-0.2, 0) is 9.47 Å². The van der Waals surface area contributed by atoms with Gasteiger partial charge in [-0.3, -0.25) is 0 Å². The average molecular weight is 239 g/mol.